The third-order valence-electron chi connectivity index (χ3n) is 9.54. The average molecular weight is 616 g/mol. The molecule has 232 valence electrons. The van der Waals surface area contributed by atoms with Crippen molar-refractivity contribution < 1.29 is 24.2 Å². The van der Waals surface area contributed by atoms with Crippen molar-refractivity contribution in [1.29, 1.82) is 0 Å². The predicted octanol–water partition coefficient (Wildman–Crippen LogP) is 5.70. The molecule has 8 nitrogen and oxygen atoms in total. The van der Waals surface area contributed by atoms with Crippen LogP contribution in [0.5, 0.6) is 5.75 Å². The molecule has 3 aliphatic heterocycles. The number of ether oxygens (including phenoxy) is 1. The highest BCUT2D eigenvalue weighted by Gasteiger charge is 2.77. The van der Waals surface area contributed by atoms with Crippen molar-refractivity contribution in [3.05, 3.63) is 66.7 Å². The van der Waals surface area contributed by atoms with Gasteiger partial charge in [-0.1, -0.05) is 44.2 Å². The number of likely N-dealkylation sites (tertiary alicyclic amines) is 1. The number of hydrogen-bond donors (Lipinski definition) is 3. The summed E-state index contributed by atoms with van der Waals surface area (Å²) in [5, 5.41) is 18.8. The van der Waals surface area contributed by atoms with E-state index in [1.807, 2.05) is 75.4 Å². The van der Waals surface area contributed by atoms with Crippen molar-refractivity contribution in [1.82, 2.24) is 4.90 Å². The van der Waals surface area contributed by atoms with Gasteiger partial charge in [0.15, 0.2) is 0 Å². The number of anilines is 2. The van der Waals surface area contributed by atoms with E-state index >= 15 is 0 Å². The van der Waals surface area contributed by atoms with Crippen LogP contribution in [0.1, 0.15) is 47.0 Å². The Morgan fingerprint density at radius 3 is 2.36 bits per heavy atom. The van der Waals surface area contributed by atoms with Crippen LogP contribution in [0.4, 0.5) is 11.4 Å². The number of nitrogens with one attached hydrogen (secondary N) is 2. The zero-order valence-electron chi connectivity index (χ0n) is 25.7. The van der Waals surface area contributed by atoms with E-state index in [9.17, 15) is 19.5 Å². The highest BCUT2D eigenvalue weighted by atomic mass is 32.2. The molecule has 0 saturated carbocycles. The van der Waals surface area contributed by atoms with Crippen molar-refractivity contribution in [2.24, 2.45) is 17.8 Å². The first kappa shape index (κ1) is 30.5. The molecule has 0 aliphatic carbocycles. The van der Waals surface area contributed by atoms with Gasteiger partial charge in [-0.3, -0.25) is 14.4 Å². The SMILES string of the molecule is CCOc1ccc(NC(=O)[C@H]2[C@H]3C(=O)N([C@@H](CO)CC(C)C)C(C(=O)Nc4ccc5ccccc5c4)C34CC[C@]2(C)S4)cc1. The number of fused-ring (bicyclic) bond motifs is 2. The molecule has 0 aromatic heterocycles. The summed E-state index contributed by atoms with van der Waals surface area (Å²) in [7, 11) is 0. The molecule has 3 heterocycles. The van der Waals surface area contributed by atoms with Gasteiger partial charge in [0, 0.05) is 16.1 Å². The van der Waals surface area contributed by atoms with Crippen LogP contribution in [-0.4, -0.2) is 62.5 Å². The van der Waals surface area contributed by atoms with Crippen LogP contribution >= 0.6 is 11.8 Å². The number of amides is 3. The van der Waals surface area contributed by atoms with Crippen molar-refractivity contribution in [3.63, 3.8) is 0 Å². The fourth-order valence-electron chi connectivity index (χ4n) is 7.78. The van der Waals surface area contributed by atoms with Crippen LogP contribution in [0.15, 0.2) is 66.7 Å². The second-order valence-corrected chi connectivity index (χ2v) is 14.8. The number of thioether (sulfide) groups is 1. The Labute approximate surface area is 262 Å². The maximum atomic E-state index is 14.5. The molecule has 3 saturated heterocycles. The molecule has 3 amide bonds. The Balaban J connectivity index is 1.35. The second-order valence-electron chi connectivity index (χ2n) is 12.9. The first-order valence-electron chi connectivity index (χ1n) is 15.6. The van der Waals surface area contributed by atoms with Crippen molar-refractivity contribution >= 4 is 51.6 Å². The van der Waals surface area contributed by atoms with E-state index in [1.54, 1.807) is 28.8 Å². The zero-order valence-corrected chi connectivity index (χ0v) is 26.5. The van der Waals surface area contributed by atoms with E-state index in [1.165, 1.54) is 0 Å². The van der Waals surface area contributed by atoms with Crippen molar-refractivity contribution in [2.75, 3.05) is 23.8 Å². The molecule has 3 aliphatic rings. The molecule has 9 heteroatoms. The van der Waals surface area contributed by atoms with Gasteiger partial charge in [0.1, 0.15) is 11.8 Å². The molecule has 2 unspecified atom stereocenters. The monoisotopic (exact) mass is 615 g/mol. The van der Waals surface area contributed by atoms with Gasteiger partial charge in [-0.05, 0) is 86.2 Å². The van der Waals surface area contributed by atoms with E-state index in [4.69, 9.17) is 4.74 Å². The molecule has 2 bridgehead atoms. The number of aliphatic hydroxyl groups is 1. The van der Waals surface area contributed by atoms with Gasteiger partial charge in [0.2, 0.25) is 17.7 Å². The smallest absolute Gasteiger partial charge is 0.248 e. The van der Waals surface area contributed by atoms with Gasteiger partial charge >= 0.3 is 0 Å². The Morgan fingerprint density at radius 1 is 1.00 bits per heavy atom. The second kappa shape index (κ2) is 11.7. The topological polar surface area (TPSA) is 108 Å². The van der Waals surface area contributed by atoms with E-state index in [0.717, 1.165) is 10.8 Å². The Morgan fingerprint density at radius 2 is 1.68 bits per heavy atom. The summed E-state index contributed by atoms with van der Waals surface area (Å²) < 4.78 is 4.25. The first-order chi connectivity index (χ1) is 21.1. The van der Waals surface area contributed by atoms with Crippen LogP contribution in [0.3, 0.4) is 0 Å². The fraction of sp³-hybridized carbons (Fsp3) is 0.457. The number of carbonyl (C=O) groups is 3. The summed E-state index contributed by atoms with van der Waals surface area (Å²) in [5.41, 5.74) is 1.28. The first-order valence-corrected chi connectivity index (χ1v) is 16.4. The molecule has 3 aromatic rings. The van der Waals surface area contributed by atoms with Gasteiger partial charge < -0.3 is 25.4 Å². The highest BCUT2D eigenvalue weighted by Crippen LogP contribution is 2.71. The predicted molar refractivity (Wildman–Crippen MR) is 175 cm³/mol. The average Bonchev–Trinajstić information content (AvgIpc) is 3.57. The van der Waals surface area contributed by atoms with Crippen LogP contribution < -0.4 is 15.4 Å². The number of nitrogens with zero attached hydrogens (tertiary/aromatic N) is 1. The van der Waals surface area contributed by atoms with E-state index in [2.05, 4.69) is 17.6 Å². The fourth-order valence-corrected chi connectivity index (χ4v) is 10.1. The highest BCUT2D eigenvalue weighted by molar-refractivity contribution is 8.02. The quantitative estimate of drug-likeness (QED) is 0.270. The van der Waals surface area contributed by atoms with Crippen LogP contribution in [0.25, 0.3) is 10.8 Å². The van der Waals surface area contributed by atoms with Crippen molar-refractivity contribution in [3.8, 4) is 5.75 Å². The summed E-state index contributed by atoms with van der Waals surface area (Å²) in [6, 6.07) is 19.6. The Hall–Kier alpha value is -3.56. The Kier molecular flexibility index (Phi) is 8.13. The maximum Gasteiger partial charge on any atom is 0.248 e. The van der Waals surface area contributed by atoms with Gasteiger partial charge in [-0.15, -0.1) is 11.8 Å². The third kappa shape index (κ3) is 5.13. The van der Waals surface area contributed by atoms with Crippen LogP contribution in [0, 0.1) is 17.8 Å². The molecular weight excluding hydrogens is 574 g/mol. The molecule has 0 radical (unpaired) electrons. The van der Waals surface area contributed by atoms with Gasteiger partial charge in [-0.25, -0.2) is 0 Å². The normalized spacial score (nSPS) is 27.9. The minimum Gasteiger partial charge on any atom is -0.494 e. The maximum absolute atomic E-state index is 14.5. The lowest BCUT2D eigenvalue weighted by Crippen LogP contribution is -2.55. The van der Waals surface area contributed by atoms with Crippen LogP contribution in [-0.2, 0) is 14.4 Å². The zero-order chi connectivity index (χ0) is 31.2. The summed E-state index contributed by atoms with van der Waals surface area (Å²) in [5.74, 6) is -1.10. The lowest BCUT2D eigenvalue weighted by molar-refractivity contribution is -0.142. The number of rotatable bonds is 10. The summed E-state index contributed by atoms with van der Waals surface area (Å²) in [4.78, 5) is 44.6. The lowest BCUT2D eigenvalue weighted by atomic mass is 9.66. The third-order valence-corrected chi connectivity index (χ3v) is 11.5. The Bertz CT molecular complexity index is 1580. The molecule has 1 spiro atoms. The van der Waals surface area contributed by atoms with E-state index < -0.39 is 33.4 Å². The van der Waals surface area contributed by atoms with Gasteiger partial charge in [0.05, 0.1) is 35.8 Å². The summed E-state index contributed by atoms with van der Waals surface area (Å²) in [6.07, 6.45) is 1.91. The lowest BCUT2D eigenvalue weighted by Gasteiger charge is -2.37. The number of carbonyl (C=O) groups excluding carboxylic acids is 3. The molecular formula is C35H41N3O5S. The minimum atomic E-state index is -0.822. The molecule has 44 heavy (non-hydrogen) atoms. The summed E-state index contributed by atoms with van der Waals surface area (Å²) in [6.45, 7) is 8.35. The van der Waals surface area contributed by atoms with Crippen LogP contribution in [0.2, 0.25) is 0 Å². The molecule has 6 rings (SSSR count). The van der Waals surface area contributed by atoms with E-state index in [-0.39, 0.29) is 30.2 Å². The number of aliphatic hydroxyl groups excluding tert-OH is 1. The van der Waals surface area contributed by atoms with Gasteiger partial charge in [0.25, 0.3) is 0 Å². The summed E-state index contributed by atoms with van der Waals surface area (Å²) >= 11 is 1.63. The van der Waals surface area contributed by atoms with E-state index in [0.29, 0.717) is 43.0 Å². The number of benzene rings is 3. The minimum absolute atomic E-state index is 0.197. The largest absolute Gasteiger partial charge is 0.494 e. The molecule has 6 atom stereocenters. The van der Waals surface area contributed by atoms with Crippen molar-refractivity contribution in [2.45, 2.75) is 68.5 Å². The molecule has 3 aromatic carbocycles. The number of hydrogen-bond acceptors (Lipinski definition) is 6. The molecule has 3 N–H and O–H groups in total. The van der Waals surface area contributed by atoms with Gasteiger partial charge in [-0.2, -0.15) is 0 Å². The molecule has 3 fully saturated rings. The standard InChI is InChI=1S/C35H41N3O5S/c1-5-43-27-14-12-24(13-15-27)36-31(40)28-29-33(42)38(26(20-39)18-21(2)3)30(35(29)17-16-34(28,4)44-35)32(41)37-25-11-10-22-8-6-7-9-23(22)19-25/h6-15,19,21,26,28-30,39H,5,16-18,20H2,1-4H3,(H,36,40)(H,37,41)/t26-,28-,29+,30?,34+,35?/m1/s1.